The largest absolute Gasteiger partial charge is 0.426 e. The fourth-order valence-electron chi connectivity index (χ4n) is 5.90. The molecule has 0 fully saturated rings. The number of ether oxygens (including phenoxy) is 1. The molecule has 0 spiro atoms. The maximum Gasteiger partial charge on any atom is 0.320 e. The Bertz CT molecular complexity index is 1390. The monoisotopic (exact) mass is 492 g/mol. The molecule has 35 heavy (non-hydrogen) atoms. The maximum absolute atomic E-state index is 13.9. The Labute approximate surface area is 205 Å². The summed E-state index contributed by atoms with van der Waals surface area (Å²) in [5.41, 5.74) is 3.97. The summed E-state index contributed by atoms with van der Waals surface area (Å²) in [6.07, 6.45) is 0.417. The van der Waals surface area contributed by atoms with Gasteiger partial charge >= 0.3 is 5.97 Å². The minimum absolute atomic E-state index is 0.0404. The van der Waals surface area contributed by atoms with Crippen LogP contribution in [0.1, 0.15) is 71.4 Å². The van der Waals surface area contributed by atoms with Gasteiger partial charge in [0.2, 0.25) is 0 Å². The van der Waals surface area contributed by atoms with Crippen molar-refractivity contribution in [3.05, 3.63) is 94.0 Å². The van der Waals surface area contributed by atoms with Gasteiger partial charge in [0.25, 0.3) is 10.1 Å². The van der Waals surface area contributed by atoms with Gasteiger partial charge in [0.1, 0.15) is 11.2 Å². The SMILES string of the molecule is Cc1cc(S(=O)(=O)O)c(C(C)C)cc1OC(=O)C1(CO)CC2c3ccccc3C1c1ccccc12. The molecule has 2 N–H and O–H groups in total. The van der Waals surface area contributed by atoms with Gasteiger partial charge in [0.05, 0.1) is 11.5 Å². The van der Waals surface area contributed by atoms with Crippen molar-refractivity contribution in [1.29, 1.82) is 0 Å². The number of aliphatic hydroxyl groups excluding tert-OH is 1. The van der Waals surface area contributed by atoms with Crippen molar-refractivity contribution < 1.29 is 27.6 Å². The van der Waals surface area contributed by atoms with Crippen LogP contribution in [0.25, 0.3) is 0 Å². The van der Waals surface area contributed by atoms with Crippen LogP contribution in [-0.4, -0.2) is 30.7 Å². The number of fused-ring (bicyclic) bond motifs is 1. The number of aliphatic hydroxyl groups is 1. The summed E-state index contributed by atoms with van der Waals surface area (Å²) < 4.78 is 39.5. The summed E-state index contributed by atoms with van der Waals surface area (Å²) in [6.45, 7) is 4.85. The number of carbonyl (C=O) groups excluding carboxylic acids is 1. The van der Waals surface area contributed by atoms with E-state index in [1.807, 2.05) is 36.4 Å². The van der Waals surface area contributed by atoms with Crippen molar-refractivity contribution >= 4 is 16.1 Å². The third-order valence-electron chi connectivity index (χ3n) is 7.58. The molecule has 182 valence electrons. The van der Waals surface area contributed by atoms with Crippen molar-refractivity contribution in [1.82, 2.24) is 0 Å². The van der Waals surface area contributed by atoms with Crippen molar-refractivity contribution in [2.24, 2.45) is 5.41 Å². The molecule has 3 aliphatic carbocycles. The van der Waals surface area contributed by atoms with Crippen LogP contribution in [0.3, 0.4) is 0 Å². The summed E-state index contributed by atoms with van der Waals surface area (Å²) in [5.74, 6) is -0.958. The molecule has 3 aliphatic rings. The first-order valence-corrected chi connectivity index (χ1v) is 13.2. The predicted octanol–water partition coefficient (Wildman–Crippen LogP) is 4.93. The van der Waals surface area contributed by atoms with Gasteiger partial charge < -0.3 is 9.84 Å². The molecule has 6 nitrogen and oxygen atoms in total. The molecule has 0 saturated carbocycles. The molecule has 3 aromatic carbocycles. The lowest BCUT2D eigenvalue weighted by molar-refractivity contribution is -0.151. The Morgan fingerprint density at radius 3 is 2.06 bits per heavy atom. The molecular weight excluding hydrogens is 464 g/mol. The van der Waals surface area contributed by atoms with Crippen LogP contribution in [0.15, 0.2) is 65.6 Å². The average Bonchev–Trinajstić information content (AvgIpc) is 2.84. The van der Waals surface area contributed by atoms with Gasteiger partial charge in [-0.25, -0.2) is 0 Å². The van der Waals surface area contributed by atoms with E-state index in [0.29, 0.717) is 17.5 Å². The Kier molecular flexibility index (Phi) is 5.62. The number of benzene rings is 3. The highest BCUT2D eigenvalue weighted by Crippen LogP contribution is 2.61. The highest BCUT2D eigenvalue weighted by atomic mass is 32.2. The Morgan fingerprint density at radius 2 is 1.57 bits per heavy atom. The van der Waals surface area contributed by atoms with Crippen LogP contribution in [-0.2, 0) is 14.9 Å². The highest BCUT2D eigenvalue weighted by Gasteiger charge is 2.57. The Balaban J connectivity index is 1.61. The zero-order chi connectivity index (χ0) is 25.1. The Hall–Kier alpha value is -3.00. The molecule has 1 unspecified atom stereocenters. The van der Waals surface area contributed by atoms with Crippen LogP contribution in [0.4, 0.5) is 0 Å². The quantitative estimate of drug-likeness (QED) is 0.298. The third kappa shape index (κ3) is 3.61. The van der Waals surface area contributed by atoms with Gasteiger partial charge in [-0.15, -0.1) is 0 Å². The molecular formula is C28H28O6S. The molecule has 2 bridgehead atoms. The van der Waals surface area contributed by atoms with E-state index in [2.05, 4.69) is 12.1 Å². The van der Waals surface area contributed by atoms with Gasteiger partial charge in [0, 0.05) is 11.8 Å². The van der Waals surface area contributed by atoms with Gasteiger partial charge in [-0.2, -0.15) is 8.42 Å². The second kappa shape index (κ2) is 8.29. The fraction of sp³-hybridized carbons (Fsp3) is 0.321. The first-order valence-electron chi connectivity index (χ1n) is 11.7. The molecule has 6 rings (SSSR count). The minimum Gasteiger partial charge on any atom is -0.426 e. The highest BCUT2D eigenvalue weighted by molar-refractivity contribution is 7.85. The number of esters is 1. The molecule has 0 aromatic heterocycles. The topological polar surface area (TPSA) is 101 Å². The molecule has 0 saturated heterocycles. The summed E-state index contributed by atoms with van der Waals surface area (Å²) in [6, 6.07) is 18.9. The van der Waals surface area contributed by atoms with E-state index in [0.717, 1.165) is 11.1 Å². The molecule has 1 atom stereocenters. The zero-order valence-electron chi connectivity index (χ0n) is 19.9. The van der Waals surface area contributed by atoms with Crippen LogP contribution >= 0.6 is 0 Å². The number of hydrogen-bond donors (Lipinski definition) is 2. The normalized spacial score (nSPS) is 22.6. The lowest BCUT2D eigenvalue weighted by Crippen LogP contribution is -2.50. The average molecular weight is 493 g/mol. The minimum atomic E-state index is -4.44. The summed E-state index contributed by atoms with van der Waals surface area (Å²) in [4.78, 5) is 13.7. The first-order chi connectivity index (χ1) is 16.6. The summed E-state index contributed by atoms with van der Waals surface area (Å²) >= 11 is 0. The van der Waals surface area contributed by atoms with E-state index in [1.54, 1.807) is 20.8 Å². The van der Waals surface area contributed by atoms with Crippen LogP contribution in [0.5, 0.6) is 5.75 Å². The van der Waals surface area contributed by atoms with Gasteiger partial charge in [0.15, 0.2) is 0 Å². The van der Waals surface area contributed by atoms with Gasteiger partial charge in [-0.05, 0) is 64.8 Å². The van der Waals surface area contributed by atoms with Gasteiger partial charge in [-0.1, -0.05) is 62.4 Å². The second-order valence-corrected chi connectivity index (χ2v) is 11.3. The van der Waals surface area contributed by atoms with Crippen molar-refractivity contribution in [2.75, 3.05) is 6.61 Å². The number of hydrogen-bond acceptors (Lipinski definition) is 5. The van der Waals surface area contributed by atoms with Gasteiger partial charge in [-0.3, -0.25) is 9.35 Å². The molecule has 0 radical (unpaired) electrons. The summed E-state index contributed by atoms with van der Waals surface area (Å²) in [5, 5.41) is 10.7. The molecule has 0 amide bonds. The Morgan fingerprint density at radius 1 is 1.03 bits per heavy atom. The van der Waals surface area contributed by atoms with E-state index in [9.17, 15) is 22.9 Å². The van der Waals surface area contributed by atoms with Crippen LogP contribution < -0.4 is 4.74 Å². The maximum atomic E-state index is 13.9. The van der Waals surface area contributed by atoms with Crippen LogP contribution in [0, 0.1) is 12.3 Å². The lowest BCUT2D eigenvalue weighted by atomic mass is 9.52. The van der Waals surface area contributed by atoms with E-state index in [4.69, 9.17) is 4.74 Å². The smallest absolute Gasteiger partial charge is 0.320 e. The predicted molar refractivity (Wildman–Crippen MR) is 131 cm³/mol. The van der Waals surface area contributed by atoms with Crippen molar-refractivity contribution in [2.45, 2.75) is 49.8 Å². The molecule has 7 heteroatoms. The zero-order valence-corrected chi connectivity index (χ0v) is 20.7. The van der Waals surface area contributed by atoms with Crippen LogP contribution in [0.2, 0.25) is 0 Å². The summed E-state index contributed by atoms with van der Waals surface area (Å²) in [7, 11) is -4.44. The standard InChI is InChI=1S/C28H28O6S/c1-16(2)22-13-24(17(3)12-25(22)35(31,32)33)34-27(30)28(15-29)14-23-18-8-4-6-10-20(18)26(28)21-11-7-5-9-19(21)23/h4-13,16,23,26,29H,14-15H2,1-3H3,(H,31,32,33). The number of carbonyl (C=O) groups is 1. The third-order valence-corrected chi connectivity index (χ3v) is 8.49. The second-order valence-electron chi connectivity index (χ2n) is 9.94. The lowest BCUT2D eigenvalue weighted by Gasteiger charge is -2.51. The van der Waals surface area contributed by atoms with E-state index in [1.165, 1.54) is 23.3 Å². The molecule has 0 aliphatic heterocycles. The van der Waals surface area contributed by atoms with E-state index in [-0.39, 0.29) is 35.0 Å². The molecule has 0 heterocycles. The van der Waals surface area contributed by atoms with Crippen molar-refractivity contribution in [3.63, 3.8) is 0 Å². The first kappa shape index (κ1) is 23.7. The van der Waals surface area contributed by atoms with Crippen molar-refractivity contribution in [3.8, 4) is 5.75 Å². The number of aryl methyl sites for hydroxylation is 1. The molecule has 3 aromatic rings. The fourth-order valence-corrected chi connectivity index (χ4v) is 6.82. The van der Waals surface area contributed by atoms with E-state index >= 15 is 0 Å². The number of rotatable bonds is 5. The van der Waals surface area contributed by atoms with E-state index < -0.39 is 21.5 Å².